The van der Waals surface area contributed by atoms with Crippen LogP contribution in [0.2, 0.25) is 0 Å². The van der Waals surface area contributed by atoms with Crippen LogP contribution in [-0.2, 0) is 4.57 Å². The summed E-state index contributed by atoms with van der Waals surface area (Å²) in [6, 6.07) is 7.71. The lowest BCUT2D eigenvalue weighted by Gasteiger charge is -2.09. The number of hydrogen-bond donors (Lipinski definition) is 3. The average Bonchev–Trinajstić information content (AvgIpc) is 2.03. The molecule has 5 heteroatoms. The van der Waals surface area contributed by atoms with Crippen LogP contribution in [0.5, 0.6) is 0 Å². The molecule has 0 unspecified atom stereocenters. The normalized spacial score (nSPS) is 12.0. The topological polar surface area (TPSA) is 77.8 Å². The molecule has 0 aliphatic heterocycles. The van der Waals surface area contributed by atoms with Crippen LogP contribution >= 0.6 is 7.60 Å². The number of aliphatic hydroxyl groups excluding tert-OH is 1. The Balaban J connectivity index is 2.94. The standard InChI is InChI=1S/C7H8O4P/c8-7(12(9,10)11)6-4-2-1-3-5-6/h1-5,8H,(H2,9,10,11). The van der Waals surface area contributed by atoms with Gasteiger partial charge in [0.2, 0.25) is 5.85 Å². The van der Waals surface area contributed by atoms with Crippen molar-refractivity contribution in [3.05, 3.63) is 41.7 Å². The van der Waals surface area contributed by atoms with Gasteiger partial charge in [-0.15, -0.1) is 0 Å². The molecule has 4 nitrogen and oxygen atoms in total. The summed E-state index contributed by atoms with van der Waals surface area (Å²) >= 11 is 0. The maximum absolute atomic E-state index is 10.5. The summed E-state index contributed by atoms with van der Waals surface area (Å²) in [6.45, 7) is 0. The van der Waals surface area contributed by atoms with Crippen LogP contribution in [0.1, 0.15) is 5.56 Å². The summed E-state index contributed by atoms with van der Waals surface area (Å²) in [5.41, 5.74) is 0.144. The van der Waals surface area contributed by atoms with Crippen molar-refractivity contribution in [3.8, 4) is 0 Å². The molecule has 0 saturated carbocycles. The second-order valence-electron chi connectivity index (χ2n) is 2.23. The SMILES string of the molecule is O=P(O)(O)[C](O)c1ccccc1. The van der Waals surface area contributed by atoms with E-state index in [0.29, 0.717) is 0 Å². The molecule has 1 rings (SSSR count). The Hall–Kier alpha value is -0.670. The van der Waals surface area contributed by atoms with Gasteiger partial charge in [0.05, 0.1) is 0 Å². The minimum absolute atomic E-state index is 0.144. The minimum Gasteiger partial charge on any atom is -0.370 e. The van der Waals surface area contributed by atoms with E-state index in [9.17, 15) is 4.57 Å². The van der Waals surface area contributed by atoms with Gasteiger partial charge in [-0.2, -0.15) is 0 Å². The van der Waals surface area contributed by atoms with E-state index in [0.717, 1.165) is 0 Å². The maximum Gasteiger partial charge on any atom is 0.365 e. The van der Waals surface area contributed by atoms with Crippen LogP contribution in [0.3, 0.4) is 0 Å². The third-order valence-electron chi connectivity index (χ3n) is 1.31. The first kappa shape index (κ1) is 9.42. The second kappa shape index (κ2) is 3.37. The van der Waals surface area contributed by atoms with Crippen molar-refractivity contribution in [3.63, 3.8) is 0 Å². The molecule has 0 aromatic heterocycles. The van der Waals surface area contributed by atoms with E-state index < -0.39 is 13.4 Å². The molecule has 0 amide bonds. The first-order chi connectivity index (χ1) is 5.52. The van der Waals surface area contributed by atoms with Crippen molar-refractivity contribution >= 4 is 7.60 Å². The van der Waals surface area contributed by atoms with E-state index in [1.807, 2.05) is 0 Å². The highest BCUT2D eigenvalue weighted by molar-refractivity contribution is 7.55. The predicted octanol–water partition coefficient (Wildman–Crippen LogP) is 1.07. The third-order valence-corrected chi connectivity index (χ3v) is 2.12. The van der Waals surface area contributed by atoms with E-state index >= 15 is 0 Å². The van der Waals surface area contributed by atoms with Gasteiger partial charge in [-0.05, 0) is 5.56 Å². The highest BCUT2D eigenvalue weighted by atomic mass is 31.2. The molecule has 0 spiro atoms. The fraction of sp³-hybridized carbons (Fsp3) is 0. The fourth-order valence-corrected chi connectivity index (χ4v) is 1.24. The van der Waals surface area contributed by atoms with Crippen molar-refractivity contribution in [1.82, 2.24) is 0 Å². The molecule has 1 aromatic rings. The van der Waals surface area contributed by atoms with Gasteiger partial charge in [0.1, 0.15) is 0 Å². The summed E-state index contributed by atoms with van der Waals surface area (Å²) in [4.78, 5) is 17.1. The zero-order valence-corrected chi connectivity index (χ0v) is 6.98. The lowest BCUT2D eigenvalue weighted by atomic mass is 10.2. The van der Waals surface area contributed by atoms with Gasteiger partial charge in [0, 0.05) is 0 Å². The molecule has 0 fully saturated rings. The smallest absolute Gasteiger partial charge is 0.365 e. The van der Waals surface area contributed by atoms with Crippen LogP contribution < -0.4 is 0 Å². The van der Waals surface area contributed by atoms with Crippen molar-refractivity contribution in [2.75, 3.05) is 0 Å². The molecule has 0 heterocycles. The molecular weight excluding hydrogens is 179 g/mol. The molecule has 3 N–H and O–H groups in total. The Bertz CT molecular complexity index is 292. The van der Waals surface area contributed by atoms with Crippen LogP contribution in [0.4, 0.5) is 0 Å². The summed E-state index contributed by atoms with van der Waals surface area (Å²) in [5.74, 6) is -0.886. The summed E-state index contributed by atoms with van der Waals surface area (Å²) in [6.07, 6.45) is 0. The molecule has 0 aliphatic rings. The maximum atomic E-state index is 10.5. The van der Waals surface area contributed by atoms with Crippen molar-refractivity contribution < 1.29 is 19.5 Å². The summed E-state index contributed by atoms with van der Waals surface area (Å²) < 4.78 is 10.5. The molecule has 0 saturated heterocycles. The van der Waals surface area contributed by atoms with Crippen molar-refractivity contribution in [2.45, 2.75) is 0 Å². The quantitative estimate of drug-likeness (QED) is 0.605. The highest BCUT2D eigenvalue weighted by Gasteiger charge is 2.29. The predicted molar refractivity (Wildman–Crippen MR) is 42.8 cm³/mol. The zero-order chi connectivity index (χ0) is 9.19. The van der Waals surface area contributed by atoms with Gasteiger partial charge in [-0.1, -0.05) is 30.3 Å². The number of aliphatic hydroxyl groups is 1. The molecular formula is C7H8O4P. The highest BCUT2D eigenvalue weighted by Crippen LogP contribution is 2.48. The molecule has 0 atom stereocenters. The van der Waals surface area contributed by atoms with E-state index in [2.05, 4.69) is 0 Å². The van der Waals surface area contributed by atoms with Gasteiger partial charge in [0.15, 0.2) is 0 Å². The monoisotopic (exact) mass is 187 g/mol. The second-order valence-corrected chi connectivity index (χ2v) is 3.75. The first-order valence-electron chi connectivity index (χ1n) is 3.19. The zero-order valence-electron chi connectivity index (χ0n) is 6.08. The fourth-order valence-electron chi connectivity index (χ4n) is 0.755. The summed E-state index contributed by atoms with van der Waals surface area (Å²) in [5, 5.41) is 9.01. The summed E-state index contributed by atoms with van der Waals surface area (Å²) in [7, 11) is -4.51. The van der Waals surface area contributed by atoms with Crippen LogP contribution in [0.25, 0.3) is 0 Å². The van der Waals surface area contributed by atoms with E-state index in [4.69, 9.17) is 14.9 Å². The van der Waals surface area contributed by atoms with Crippen molar-refractivity contribution in [2.24, 2.45) is 0 Å². The number of benzene rings is 1. The van der Waals surface area contributed by atoms with E-state index in [1.54, 1.807) is 18.2 Å². The molecule has 1 aromatic carbocycles. The Kier molecular flexibility index (Phi) is 2.65. The number of rotatable bonds is 2. The van der Waals surface area contributed by atoms with Crippen LogP contribution in [0.15, 0.2) is 30.3 Å². The Labute approximate surface area is 69.6 Å². The molecule has 0 aliphatic carbocycles. The van der Waals surface area contributed by atoms with Crippen molar-refractivity contribution in [1.29, 1.82) is 0 Å². The Morgan fingerprint density at radius 3 is 2.08 bits per heavy atom. The van der Waals surface area contributed by atoms with Gasteiger partial charge in [-0.25, -0.2) is 0 Å². The van der Waals surface area contributed by atoms with Gasteiger partial charge in [0.25, 0.3) is 0 Å². The minimum atomic E-state index is -4.51. The van der Waals surface area contributed by atoms with Gasteiger partial charge >= 0.3 is 7.60 Å². The molecule has 1 radical (unpaired) electrons. The first-order valence-corrected chi connectivity index (χ1v) is 4.80. The lowest BCUT2D eigenvalue weighted by Crippen LogP contribution is -1.98. The van der Waals surface area contributed by atoms with Gasteiger partial charge < -0.3 is 14.9 Å². The Morgan fingerprint density at radius 2 is 1.67 bits per heavy atom. The van der Waals surface area contributed by atoms with E-state index in [1.165, 1.54) is 12.1 Å². The van der Waals surface area contributed by atoms with E-state index in [-0.39, 0.29) is 5.56 Å². The molecule has 65 valence electrons. The third kappa shape index (κ3) is 2.16. The largest absolute Gasteiger partial charge is 0.370 e. The van der Waals surface area contributed by atoms with Gasteiger partial charge in [-0.3, -0.25) is 4.57 Å². The molecule has 0 bridgehead atoms. The number of hydrogen-bond acceptors (Lipinski definition) is 2. The van der Waals surface area contributed by atoms with Crippen LogP contribution in [0, 0.1) is 5.85 Å². The van der Waals surface area contributed by atoms with Crippen LogP contribution in [-0.4, -0.2) is 14.9 Å². The Morgan fingerprint density at radius 1 is 1.17 bits per heavy atom. The lowest BCUT2D eigenvalue weighted by molar-refractivity contribution is 0.301. The average molecular weight is 187 g/mol. The molecule has 12 heavy (non-hydrogen) atoms.